The van der Waals surface area contributed by atoms with E-state index in [1.165, 1.54) is 7.11 Å². The minimum atomic E-state index is -1.96. The molecule has 0 saturated carbocycles. The lowest BCUT2D eigenvalue weighted by Gasteiger charge is -2.46. The van der Waals surface area contributed by atoms with Crippen LogP contribution in [0, 0.1) is 5.92 Å². The van der Waals surface area contributed by atoms with Crippen molar-refractivity contribution in [3.8, 4) is 0 Å². The van der Waals surface area contributed by atoms with Crippen molar-refractivity contribution in [1.29, 1.82) is 0 Å². The van der Waals surface area contributed by atoms with Gasteiger partial charge in [-0.05, 0) is 6.42 Å². The van der Waals surface area contributed by atoms with Crippen LogP contribution in [0.5, 0.6) is 0 Å². The number of esters is 5. The minimum Gasteiger partial charge on any atom is -0.465 e. The summed E-state index contributed by atoms with van der Waals surface area (Å²) in [7, 11) is 1.17. The van der Waals surface area contributed by atoms with E-state index in [4.69, 9.17) is 33.2 Å². The number of hydrogen-bond acceptors (Lipinski definition) is 12. The molecule has 0 aromatic heterocycles. The van der Waals surface area contributed by atoms with Gasteiger partial charge in [-0.15, -0.1) is 0 Å². The van der Waals surface area contributed by atoms with Crippen molar-refractivity contribution in [3.63, 3.8) is 0 Å². The molecule has 0 aromatic rings. The topological polar surface area (TPSA) is 150 Å². The number of unbranched alkanes of at least 4 members (excludes halogenated alkanes) is 3. The molecule has 0 amide bonds. The zero-order valence-electron chi connectivity index (χ0n) is 21.4. The number of fused-ring (bicyclic) bond motifs is 1. The summed E-state index contributed by atoms with van der Waals surface area (Å²) in [6.07, 6.45) is -1.41. The van der Waals surface area contributed by atoms with Gasteiger partial charge >= 0.3 is 29.8 Å². The van der Waals surface area contributed by atoms with Gasteiger partial charge in [0.25, 0.3) is 5.79 Å². The fraction of sp³-hybridized carbons (Fsp3) is 0.792. The van der Waals surface area contributed by atoms with Crippen molar-refractivity contribution in [2.24, 2.45) is 5.92 Å². The standard InChI is InChI=1S/C24H36O12/c1-6-7-8-9-10-32-24(23(29)30-5)12-18-17(11-20(28)35-18)21(36-24)22(34-16(4)27)19(33-15(3)26)13-31-14(2)25/h17-19,21-22H,6-13H2,1-5H3. The van der Waals surface area contributed by atoms with Crippen molar-refractivity contribution in [2.45, 2.75) is 96.4 Å². The van der Waals surface area contributed by atoms with Gasteiger partial charge in [-0.25, -0.2) is 4.79 Å². The zero-order valence-corrected chi connectivity index (χ0v) is 21.4. The minimum absolute atomic E-state index is 0.0960. The summed E-state index contributed by atoms with van der Waals surface area (Å²) >= 11 is 0. The van der Waals surface area contributed by atoms with Crippen LogP contribution in [-0.4, -0.2) is 80.4 Å². The molecule has 0 radical (unpaired) electrons. The smallest absolute Gasteiger partial charge is 0.366 e. The number of ether oxygens (including phenoxy) is 7. The van der Waals surface area contributed by atoms with E-state index in [2.05, 4.69) is 6.92 Å². The summed E-state index contributed by atoms with van der Waals surface area (Å²) in [5.74, 6) is -6.16. The average Bonchev–Trinajstić information content (AvgIpc) is 3.18. The Balaban J connectivity index is 2.45. The number of hydrogen-bond donors (Lipinski definition) is 0. The Morgan fingerprint density at radius 3 is 2.31 bits per heavy atom. The maximum atomic E-state index is 13.0. The lowest BCUT2D eigenvalue weighted by molar-refractivity contribution is -0.316. The van der Waals surface area contributed by atoms with Gasteiger partial charge in [0, 0.05) is 26.7 Å². The highest BCUT2D eigenvalue weighted by molar-refractivity contribution is 5.79. The molecule has 2 aliphatic heterocycles. The second-order valence-electron chi connectivity index (χ2n) is 8.86. The average molecular weight is 517 g/mol. The molecule has 12 heteroatoms. The first-order valence-electron chi connectivity index (χ1n) is 12.1. The molecule has 0 spiro atoms. The van der Waals surface area contributed by atoms with E-state index in [0.29, 0.717) is 6.42 Å². The maximum Gasteiger partial charge on any atom is 0.366 e. The summed E-state index contributed by atoms with van der Waals surface area (Å²) in [5.41, 5.74) is 0. The van der Waals surface area contributed by atoms with E-state index in [-0.39, 0.29) is 19.4 Å². The van der Waals surface area contributed by atoms with Crippen molar-refractivity contribution >= 4 is 29.8 Å². The van der Waals surface area contributed by atoms with Crippen molar-refractivity contribution in [2.75, 3.05) is 20.3 Å². The van der Waals surface area contributed by atoms with Crippen LogP contribution >= 0.6 is 0 Å². The summed E-state index contributed by atoms with van der Waals surface area (Å²) in [5, 5.41) is 0. The number of carbonyl (C=O) groups is 5. The molecule has 6 atom stereocenters. The first-order chi connectivity index (χ1) is 17.0. The molecule has 0 aromatic carbocycles. The fourth-order valence-corrected chi connectivity index (χ4v) is 4.44. The van der Waals surface area contributed by atoms with Crippen LogP contribution in [0.25, 0.3) is 0 Å². The Labute approximate surface area is 210 Å². The molecular weight excluding hydrogens is 480 g/mol. The highest BCUT2D eigenvalue weighted by Gasteiger charge is 2.61. The monoisotopic (exact) mass is 516 g/mol. The molecule has 36 heavy (non-hydrogen) atoms. The van der Waals surface area contributed by atoms with Crippen molar-refractivity contribution in [3.05, 3.63) is 0 Å². The first kappa shape index (κ1) is 29.5. The Hall–Kier alpha value is -2.73. The fourth-order valence-electron chi connectivity index (χ4n) is 4.44. The molecule has 12 nitrogen and oxygen atoms in total. The summed E-state index contributed by atoms with van der Waals surface area (Å²) in [6, 6.07) is 0. The first-order valence-corrected chi connectivity index (χ1v) is 12.1. The molecule has 0 aliphatic carbocycles. The van der Waals surface area contributed by atoms with E-state index in [9.17, 15) is 24.0 Å². The maximum absolute atomic E-state index is 13.0. The largest absolute Gasteiger partial charge is 0.465 e. The third-order valence-corrected chi connectivity index (χ3v) is 5.97. The SMILES string of the molecule is CCCCCCOC1(C(=O)OC)CC2OC(=O)CC2C(C(OC(C)=O)C(COC(C)=O)OC(C)=O)O1. The van der Waals surface area contributed by atoms with E-state index in [1.54, 1.807) is 0 Å². The normalized spacial score (nSPS) is 26.7. The number of carbonyl (C=O) groups excluding carboxylic acids is 5. The quantitative estimate of drug-likeness (QED) is 0.199. The Morgan fingerprint density at radius 2 is 1.72 bits per heavy atom. The van der Waals surface area contributed by atoms with Crippen molar-refractivity contribution < 1.29 is 57.1 Å². The van der Waals surface area contributed by atoms with E-state index >= 15 is 0 Å². The second kappa shape index (κ2) is 13.5. The van der Waals surface area contributed by atoms with E-state index in [0.717, 1.165) is 40.0 Å². The van der Waals surface area contributed by atoms with E-state index < -0.39 is 72.6 Å². The van der Waals surface area contributed by atoms with Crippen LogP contribution in [0.2, 0.25) is 0 Å². The predicted octanol–water partition coefficient (Wildman–Crippen LogP) is 1.60. The molecule has 204 valence electrons. The van der Waals surface area contributed by atoms with Gasteiger partial charge in [-0.2, -0.15) is 0 Å². The third-order valence-electron chi connectivity index (χ3n) is 5.97. The van der Waals surface area contributed by atoms with Crippen LogP contribution in [0.3, 0.4) is 0 Å². The Kier molecular flexibility index (Phi) is 11.1. The highest BCUT2D eigenvalue weighted by Crippen LogP contribution is 2.44. The molecule has 2 saturated heterocycles. The van der Waals surface area contributed by atoms with Gasteiger partial charge in [0.05, 0.1) is 26.6 Å². The summed E-state index contributed by atoms with van der Waals surface area (Å²) < 4.78 is 38.4. The van der Waals surface area contributed by atoms with Gasteiger partial charge in [0.2, 0.25) is 0 Å². The summed E-state index contributed by atoms with van der Waals surface area (Å²) in [4.78, 5) is 60.6. The van der Waals surface area contributed by atoms with Gasteiger partial charge in [-0.3, -0.25) is 19.2 Å². The van der Waals surface area contributed by atoms with Gasteiger partial charge < -0.3 is 33.2 Å². The molecule has 2 rings (SSSR count). The molecule has 2 heterocycles. The highest BCUT2D eigenvalue weighted by atomic mass is 16.7. The van der Waals surface area contributed by atoms with Crippen LogP contribution in [-0.2, 0) is 57.1 Å². The Bertz CT molecular complexity index is 811. The van der Waals surface area contributed by atoms with Crippen LogP contribution in [0.1, 0.15) is 66.2 Å². The van der Waals surface area contributed by atoms with Crippen LogP contribution < -0.4 is 0 Å². The van der Waals surface area contributed by atoms with Gasteiger partial charge in [0.1, 0.15) is 18.8 Å². The molecule has 2 fully saturated rings. The predicted molar refractivity (Wildman–Crippen MR) is 120 cm³/mol. The van der Waals surface area contributed by atoms with Gasteiger partial charge in [0.15, 0.2) is 12.2 Å². The lowest BCUT2D eigenvalue weighted by Crippen LogP contribution is -2.62. The lowest BCUT2D eigenvalue weighted by atomic mass is 9.82. The third kappa shape index (κ3) is 7.89. The van der Waals surface area contributed by atoms with E-state index in [1.807, 2.05) is 0 Å². The molecular formula is C24H36O12. The zero-order chi connectivity index (χ0) is 26.9. The van der Waals surface area contributed by atoms with Crippen molar-refractivity contribution in [1.82, 2.24) is 0 Å². The van der Waals surface area contributed by atoms with Crippen LogP contribution in [0.15, 0.2) is 0 Å². The molecule has 0 bridgehead atoms. The van der Waals surface area contributed by atoms with Crippen LogP contribution in [0.4, 0.5) is 0 Å². The summed E-state index contributed by atoms with van der Waals surface area (Å²) in [6.45, 7) is 5.20. The number of methoxy groups -OCH3 is 1. The van der Waals surface area contributed by atoms with Gasteiger partial charge in [-0.1, -0.05) is 26.2 Å². The number of rotatable bonds is 13. The molecule has 0 N–H and O–H groups in total. The molecule has 6 unspecified atom stereocenters. The second-order valence-corrected chi connectivity index (χ2v) is 8.86. The Morgan fingerprint density at radius 1 is 1.03 bits per heavy atom. The molecule has 2 aliphatic rings.